The van der Waals surface area contributed by atoms with Crippen LogP contribution in [0.4, 0.5) is 0 Å². The molecule has 10 nitrogen and oxygen atoms in total. The Balaban J connectivity index is 1.07. The van der Waals surface area contributed by atoms with Gasteiger partial charge in [-0.3, -0.25) is 9.78 Å². The Morgan fingerprint density at radius 2 is 1.34 bits per heavy atom. The van der Waals surface area contributed by atoms with Crippen molar-refractivity contribution in [2.45, 2.75) is 37.0 Å². The summed E-state index contributed by atoms with van der Waals surface area (Å²) in [5.74, 6) is 0.101. The number of nitrogens with one attached hydrogen (secondary N) is 1. The van der Waals surface area contributed by atoms with E-state index in [-0.39, 0.29) is 18.4 Å². The fourth-order valence-electron chi connectivity index (χ4n) is 7.88. The minimum absolute atomic E-state index is 0.0738. The molecular weight excluding hydrogens is 699 g/mol. The van der Waals surface area contributed by atoms with E-state index in [1.54, 1.807) is 23.4 Å². The van der Waals surface area contributed by atoms with E-state index in [0.29, 0.717) is 25.3 Å². The van der Waals surface area contributed by atoms with Gasteiger partial charge in [-0.05, 0) is 61.9 Å². The van der Waals surface area contributed by atoms with Crippen LogP contribution in [0, 0.1) is 0 Å². The van der Waals surface area contributed by atoms with Crippen LogP contribution in [0.3, 0.4) is 0 Å². The molecule has 0 bridgehead atoms. The van der Waals surface area contributed by atoms with Gasteiger partial charge in [0, 0.05) is 37.1 Å². The molecule has 1 aliphatic rings. The Bertz CT molecular complexity index is 2290. The highest BCUT2D eigenvalue weighted by atomic mass is 16.5. The quantitative estimate of drug-likeness (QED) is 0.109. The van der Waals surface area contributed by atoms with Gasteiger partial charge in [-0.15, -0.1) is 5.10 Å². The van der Waals surface area contributed by atoms with Gasteiger partial charge < -0.3 is 15.0 Å². The number of hydrogen-bond acceptors (Lipinski definition) is 8. The summed E-state index contributed by atoms with van der Waals surface area (Å²) in [5.41, 5.74) is 6.99. The highest BCUT2D eigenvalue weighted by molar-refractivity contribution is 5.86. The van der Waals surface area contributed by atoms with Crippen molar-refractivity contribution in [1.29, 1.82) is 0 Å². The first-order valence-corrected chi connectivity index (χ1v) is 18.7. The number of nitrogens with zero attached hydrogens (tertiary/aromatic N) is 6. The van der Waals surface area contributed by atoms with Gasteiger partial charge in [-0.2, -0.15) is 0 Å². The van der Waals surface area contributed by atoms with E-state index < -0.39 is 17.6 Å². The molecule has 8 rings (SSSR count). The number of rotatable bonds is 12. The molecular formula is C46H41N7O3. The highest BCUT2D eigenvalue weighted by Crippen LogP contribution is 2.43. The number of likely N-dealkylation sites (tertiary alicyclic amines) is 1. The molecule has 0 aliphatic carbocycles. The van der Waals surface area contributed by atoms with Crippen molar-refractivity contribution >= 4 is 11.9 Å². The van der Waals surface area contributed by atoms with Crippen molar-refractivity contribution < 1.29 is 14.3 Å². The molecule has 56 heavy (non-hydrogen) atoms. The summed E-state index contributed by atoms with van der Waals surface area (Å²) >= 11 is 0. The summed E-state index contributed by atoms with van der Waals surface area (Å²) in [4.78, 5) is 31.8. The van der Waals surface area contributed by atoms with E-state index in [1.807, 2.05) is 77.5 Å². The maximum atomic E-state index is 13.3. The van der Waals surface area contributed by atoms with Crippen molar-refractivity contribution in [3.05, 3.63) is 192 Å². The lowest BCUT2D eigenvalue weighted by Crippen LogP contribution is -2.42. The fourth-order valence-corrected chi connectivity index (χ4v) is 7.88. The lowest BCUT2D eigenvalue weighted by Gasteiger charge is -2.36. The Morgan fingerprint density at radius 3 is 1.93 bits per heavy atom. The van der Waals surface area contributed by atoms with Crippen LogP contribution in [0.25, 0.3) is 22.5 Å². The summed E-state index contributed by atoms with van der Waals surface area (Å²) in [6.07, 6.45) is 4.00. The molecule has 1 fully saturated rings. The zero-order valence-corrected chi connectivity index (χ0v) is 31.0. The summed E-state index contributed by atoms with van der Waals surface area (Å²) < 4.78 is 7.03. The smallest absolute Gasteiger partial charge is 0.328 e. The summed E-state index contributed by atoms with van der Waals surface area (Å²) in [7, 11) is 1.36. The molecule has 0 spiro atoms. The van der Waals surface area contributed by atoms with E-state index in [0.717, 1.165) is 44.5 Å². The van der Waals surface area contributed by atoms with Gasteiger partial charge >= 0.3 is 5.97 Å². The molecule has 2 atom stereocenters. The molecule has 1 aliphatic heterocycles. The first kappa shape index (κ1) is 36.2. The molecule has 1 amide bonds. The highest BCUT2D eigenvalue weighted by Gasteiger charge is 2.42. The summed E-state index contributed by atoms with van der Waals surface area (Å²) in [5, 5.41) is 17.3. The lowest BCUT2D eigenvalue weighted by atomic mass is 9.77. The zero-order valence-electron chi connectivity index (χ0n) is 31.0. The van der Waals surface area contributed by atoms with Crippen LogP contribution in [0.2, 0.25) is 0 Å². The Kier molecular flexibility index (Phi) is 10.5. The van der Waals surface area contributed by atoms with Gasteiger partial charge in [0.15, 0.2) is 5.82 Å². The minimum atomic E-state index is -0.878. The molecule has 3 heterocycles. The predicted molar refractivity (Wildman–Crippen MR) is 214 cm³/mol. The van der Waals surface area contributed by atoms with Crippen molar-refractivity contribution in [2.75, 3.05) is 13.7 Å². The lowest BCUT2D eigenvalue weighted by molar-refractivity contribution is -0.150. The molecule has 2 aromatic heterocycles. The molecule has 0 unspecified atom stereocenters. The maximum Gasteiger partial charge on any atom is 0.328 e. The van der Waals surface area contributed by atoms with Crippen LogP contribution >= 0.6 is 0 Å². The van der Waals surface area contributed by atoms with Crippen molar-refractivity contribution in [1.82, 2.24) is 35.4 Å². The second kappa shape index (κ2) is 16.3. The summed E-state index contributed by atoms with van der Waals surface area (Å²) in [6, 6.07) is 50.7. The first-order valence-electron chi connectivity index (χ1n) is 18.7. The maximum absolute atomic E-state index is 13.3. The number of methoxy groups -OCH3 is 1. The Labute approximate surface area is 325 Å². The minimum Gasteiger partial charge on any atom is -0.467 e. The van der Waals surface area contributed by atoms with Crippen molar-refractivity contribution in [2.24, 2.45) is 0 Å². The third-order valence-corrected chi connectivity index (χ3v) is 10.6. The average Bonchev–Trinajstić information content (AvgIpc) is 3.94. The third-order valence-electron chi connectivity index (χ3n) is 10.6. The number of carbonyl (C=O) groups excluding carboxylic acids is 2. The van der Waals surface area contributed by atoms with E-state index in [4.69, 9.17) is 15.0 Å². The van der Waals surface area contributed by atoms with Crippen molar-refractivity contribution in [3.8, 4) is 22.5 Å². The van der Waals surface area contributed by atoms with E-state index >= 15 is 0 Å². The van der Waals surface area contributed by atoms with Gasteiger partial charge in [0.25, 0.3) is 0 Å². The number of ether oxygens (including phenoxy) is 1. The summed E-state index contributed by atoms with van der Waals surface area (Å²) in [6.45, 7) is 0.979. The molecule has 278 valence electrons. The van der Waals surface area contributed by atoms with Crippen LogP contribution < -0.4 is 5.32 Å². The largest absolute Gasteiger partial charge is 0.467 e. The Hall–Kier alpha value is -6.78. The number of amides is 1. The van der Waals surface area contributed by atoms with Gasteiger partial charge in [-0.25, -0.2) is 9.48 Å². The molecule has 1 N–H and O–H groups in total. The topological polar surface area (TPSA) is 115 Å². The fraction of sp³-hybridized carbons (Fsp3) is 0.174. The monoisotopic (exact) mass is 739 g/mol. The third kappa shape index (κ3) is 7.10. The molecule has 0 saturated carbocycles. The normalized spacial score (nSPS) is 15.4. The van der Waals surface area contributed by atoms with Crippen LogP contribution in [-0.2, 0) is 32.8 Å². The first-order chi connectivity index (χ1) is 27.6. The number of carbonyl (C=O) groups is 2. The van der Waals surface area contributed by atoms with E-state index in [9.17, 15) is 9.59 Å². The molecule has 5 aromatic carbocycles. The van der Waals surface area contributed by atoms with Gasteiger partial charge in [-0.1, -0.05) is 146 Å². The van der Waals surface area contributed by atoms with Crippen LogP contribution in [-0.4, -0.2) is 67.7 Å². The van der Waals surface area contributed by atoms with Gasteiger partial charge in [0.2, 0.25) is 5.91 Å². The number of tetrazole rings is 1. The molecule has 7 aromatic rings. The molecule has 10 heteroatoms. The van der Waals surface area contributed by atoms with Crippen LogP contribution in [0.15, 0.2) is 164 Å². The zero-order chi connectivity index (χ0) is 38.3. The SMILES string of the molecule is COC(=O)[C@@H]1C[C@H](NCc2ccc(-c3ccccc3-c3nnnn3C(c3ccccc3)(c3ccccc3)c3ccccc3)cc2)CN1C(=O)Cc1cccnc1. The number of esters is 1. The predicted octanol–water partition coefficient (Wildman–Crippen LogP) is 6.72. The second-order valence-electron chi connectivity index (χ2n) is 13.9. The van der Waals surface area contributed by atoms with Crippen LogP contribution in [0.5, 0.6) is 0 Å². The number of benzene rings is 5. The average molecular weight is 740 g/mol. The van der Waals surface area contributed by atoms with Gasteiger partial charge in [0.05, 0.1) is 13.5 Å². The Morgan fingerprint density at radius 1 is 0.732 bits per heavy atom. The van der Waals surface area contributed by atoms with E-state index in [2.05, 4.69) is 88.3 Å². The number of hydrogen-bond donors (Lipinski definition) is 1. The van der Waals surface area contributed by atoms with E-state index in [1.165, 1.54) is 7.11 Å². The van der Waals surface area contributed by atoms with Crippen molar-refractivity contribution in [3.63, 3.8) is 0 Å². The molecule has 1 saturated heterocycles. The van der Waals surface area contributed by atoms with Crippen LogP contribution in [0.1, 0.15) is 34.2 Å². The number of aromatic nitrogens is 5. The number of pyridine rings is 1. The van der Waals surface area contributed by atoms with Gasteiger partial charge in [0.1, 0.15) is 11.6 Å². The molecule has 0 radical (unpaired) electrons. The standard InChI is InChI=1S/C46H41N7O3/c1-56-45(55)42-29-39(32-52(42)43(54)28-34-14-13-27-47-30-34)48-31-33-23-25-35(26-24-33)40-21-11-12-22-41(40)44-49-50-51-53(44)46(36-15-5-2-6-16-36,37-17-7-3-8-18-37)38-19-9-4-10-20-38/h2-27,30,39,42,48H,28-29,31-32H2,1H3/t39-,42-/m0/s1. The second-order valence-corrected chi connectivity index (χ2v) is 13.9.